The fraction of sp³-hybridized carbons (Fsp3) is 0.208. The van der Waals surface area contributed by atoms with Crippen LogP contribution in [0.15, 0.2) is 66.3 Å². The lowest BCUT2D eigenvalue weighted by molar-refractivity contribution is 0.234. The number of hydrogen-bond donors (Lipinski definition) is 2. The largest absolute Gasteiger partial charge is 0.381 e. The Labute approximate surface area is 185 Å². The first-order valence-electron chi connectivity index (χ1n) is 10.1. The zero-order valence-electron chi connectivity index (χ0n) is 17.3. The summed E-state index contributed by atoms with van der Waals surface area (Å²) < 4.78 is 6.10. The molecule has 4 N–H and O–H groups in total. The summed E-state index contributed by atoms with van der Waals surface area (Å²) in [4.78, 5) is 13.8. The second-order valence-corrected chi connectivity index (χ2v) is 8.15. The van der Waals surface area contributed by atoms with E-state index in [-0.39, 0.29) is 6.04 Å². The van der Waals surface area contributed by atoms with Gasteiger partial charge in [-0.3, -0.25) is 4.98 Å². The number of fused-ring (bicyclic) bond motifs is 1. The van der Waals surface area contributed by atoms with Crippen LogP contribution in [0.1, 0.15) is 22.9 Å². The normalized spacial score (nSPS) is 13.6. The molecule has 158 valence electrons. The van der Waals surface area contributed by atoms with Crippen LogP contribution in [0.3, 0.4) is 0 Å². The number of ether oxygens (including phenoxy) is 1. The van der Waals surface area contributed by atoms with Crippen molar-refractivity contribution in [3.63, 3.8) is 0 Å². The van der Waals surface area contributed by atoms with Crippen LogP contribution < -0.4 is 11.5 Å². The molecule has 4 aromatic rings. The van der Waals surface area contributed by atoms with E-state index in [1.807, 2.05) is 42.5 Å². The van der Waals surface area contributed by atoms with Gasteiger partial charge >= 0.3 is 0 Å². The molecule has 0 bridgehead atoms. The maximum absolute atomic E-state index is 6.67. The molecule has 2 unspecified atom stereocenters. The molecule has 2 atom stereocenters. The second-order valence-electron chi connectivity index (χ2n) is 7.27. The summed E-state index contributed by atoms with van der Waals surface area (Å²) >= 11 is 1.59. The third-order valence-electron chi connectivity index (χ3n) is 5.06. The van der Waals surface area contributed by atoms with Crippen molar-refractivity contribution >= 4 is 27.6 Å². The minimum atomic E-state index is -0.430. The van der Waals surface area contributed by atoms with Crippen molar-refractivity contribution in [1.29, 1.82) is 0 Å². The van der Waals surface area contributed by atoms with Gasteiger partial charge < -0.3 is 16.2 Å². The summed E-state index contributed by atoms with van der Waals surface area (Å²) in [6, 6.07) is 13.2. The average molecular weight is 432 g/mol. The van der Waals surface area contributed by atoms with E-state index in [0.717, 1.165) is 32.6 Å². The Bertz CT molecular complexity index is 1160. The van der Waals surface area contributed by atoms with Gasteiger partial charge in [0.15, 0.2) is 5.82 Å². The molecule has 0 fully saturated rings. The number of aromatic nitrogens is 3. The lowest BCUT2D eigenvalue weighted by Gasteiger charge is -2.20. The van der Waals surface area contributed by atoms with E-state index in [2.05, 4.69) is 22.5 Å². The van der Waals surface area contributed by atoms with E-state index < -0.39 is 6.04 Å². The van der Waals surface area contributed by atoms with Crippen LogP contribution in [0.2, 0.25) is 0 Å². The number of pyridine rings is 1. The lowest BCUT2D eigenvalue weighted by Crippen LogP contribution is -2.36. The molecule has 0 amide bonds. The molecule has 0 saturated heterocycles. The van der Waals surface area contributed by atoms with E-state index in [0.29, 0.717) is 18.9 Å². The molecular formula is C24H25N5OS. The van der Waals surface area contributed by atoms with Crippen LogP contribution in [0, 0.1) is 0 Å². The highest BCUT2D eigenvalue weighted by molar-refractivity contribution is 7.17. The standard InChI is InChI=1S/C24H25N5OS/c1-30-13-5-8-18-15-31-23-21(18)28-24(17-9-11-27-12-10-17)29-22(23)20(26)19(25)14-16-6-3-2-4-7-16/h2-12,15,19-20H,13-14,25-26H2,1H3. The molecule has 7 heteroatoms. The van der Waals surface area contributed by atoms with Crippen molar-refractivity contribution in [3.05, 3.63) is 83.1 Å². The predicted molar refractivity (Wildman–Crippen MR) is 127 cm³/mol. The van der Waals surface area contributed by atoms with Crippen LogP contribution in [0.5, 0.6) is 0 Å². The van der Waals surface area contributed by atoms with E-state index in [1.165, 1.54) is 0 Å². The van der Waals surface area contributed by atoms with Crippen LogP contribution >= 0.6 is 11.3 Å². The molecule has 0 saturated carbocycles. The molecule has 0 aliphatic heterocycles. The fourth-order valence-electron chi connectivity index (χ4n) is 3.42. The van der Waals surface area contributed by atoms with Gasteiger partial charge in [0.2, 0.25) is 0 Å². The van der Waals surface area contributed by atoms with Crippen molar-refractivity contribution < 1.29 is 4.74 Å². The molecule has 4 rings (SSSR count). The first kappa shape index (κ1) is 21.3. The van der Waals surface area contributed by atoms with Crippen molar-refractivity contribution in [3.8, 4) is 11.4 Å². The number of nitrogens with two attached hydrogens (primary N) is 2. The van der Waals surface area contributed by atoms with Gasteiger partial charge in [-0.05, 0) is 24.1 Å². The third kappa shape index (κ3) is 4.86. The quantitative estimate of drug-likeness (QED) is 0.438. The predicted octanol–water partition coefficient (Wildman–Crippen LogP) is 3.98. The Hall–Kier alpha value is -2.97. The van der Waals surface area contributed by atoms with Crippen LogP contribution in [0.25, 0.3) is 27.7 Å². The van der Waals surface area contributed by atoms with Crippen molar-refractivity contribution in [1.82, 2.24) is 15.0 Å². The Morgan fingerprint density at radius 3 is 2.58 bits per heavy atom. The molecule has 0 aliphatic rings. The molecule has 31 heavy (non-hydrogen) atoms. The van der Waals surface area contributed by atoms with Crippen molar-refractivity contribution in [2.45, 2.75) is 18.5 Å². The molecule has 0 aliphatic carbocycles. The molecule has 3 aromatic heterocycles. The van der Waals surface area contributed by atoms with Gasteiger partial charge in [-0.1, -0.05) is 42.5 Å². The van der Waals surface area contributed by atoms with Gasteiger partial charge in [0.05, 0.1) is 28.6 Å². The zero-order valence-corrected chi connectivity index (χ0v) is 18.1. The van der Waals surface area contributed by atoms with E-state index in [4.69, 9.17) is 26.2 Å². The topological polar surface area (TPSA) is 99.9 Å². The Morgan fingerprint density at radius 1 is 1.06 bits per heavy atom. The number of benzene rings is 1. The summed E-state index contributed by atoms with van der Waals surface area (Å²) in [5.41, 5.74) is 17.9. The molecule has 0 radical (unpaired) electrons. The van der Waals surface area contributed by atoms with Crippen molar-refractivity contribution in [2.75, 3.05) is 13.7 Å². The fourth-order valence-corrected chi connectivity index (χ4v) is 4.43. The van der Waals surface area contributed by atoms with Gasteiger partial charge in [0.25, 0.3) is 0 Å². The minimum absolute atomic E-state index is 0.277. The van der Waals surface area contributed by atoms with Gasteiger partial charge in [-0.2, -0.15) is 0 Å². The van der Waals surface area contributed by atoms with Gasteiger partial charge in [0, 0.05) is 42.1 Å². The summed E-state index contributed by atoms with van der Waals surface area (Å²) in [6.07, 6.45) is 8.12. The number of hydrogen-bond acceptors (Lipinski definition) is 7. The zero-order chi connectivity index (χ0) is 21.6. The first-order valence-corrected chi connectivity index (χ1v) is 11.0. The summed E-state index contributed by atoms with van der Waals surface area (Å²) in [6.45, 7) is 0.536. The van der Waals surface area contributed by atoms with E-state index in [9.17, 15) is 0 Å². The maximum Gasteiger partial charge on any atom is 0.160 e. The molecule has 0 spiro atoms. The Kier molecular flexibility index (Phi) is 6.79. The highest BCUT2D eigenvalue weighted by Gasteiger charge is 2.23. The monoisotopic (exact) mass is 431 g/mol. The maximum atomic E-state index is 6.67. The highest BCUT2D eigenvalue weighted by atomic mass is 32.1. The number of thiophene rings is 1. The van der Waals surface area contributed by atoms with Crippen LogP contribution in [0.4, 0.5) is 0 Å². The van der Waals surface area contributed by atoms with Crippen molar-refractivity contribution in [2.24, 2.45) is 11.5 Å². The van der Waals surface area contributed by atoms with Gasteiger partial charge in [-0.25, -0.2) is 9.97 Å². The first-order chi connectivity index (χ1) is 15.2. The Balaban J connectivity index is 1.77. The van der Waals surface area contributed by atoms with Crippen LogP contribution in [-0.4, -0.2) is 34.7 Å². The summed E-state index contributed by atoms with van der Waals surface area (Å²) in [5.74, 6) is 0.618. The second kappa shape index (κ2) is 9.89. The minimum Gasteiger partial charge on any atom is -0.381 e. The highest BCUT2D eigenvalue weighted by Crippen LogP contribution is 2.33. The van der Waals surface area contributed by atoms with E-state index in [1.54, 1.807) is 30.8 Å². The van der Waals surface area contributed by atoms with Gasteiger partial charge in [-0.15, -0.1) is 11.3 Å². The van der Waals surface area contributed by atoms with Gasteiger partial charge in [0.1, 0.15) is 0 Å². The molecule has 6 nitrogen and oxygen atoms in total. The van der Waals surface area contributed by atoms with E-state index >= 15 is 0 Å². The molecule has 1 aromatic carbocycles. The average Bonchev–Trinajstić information content (AvgIpc) is 3.22. The number of rotatable bonds is 8. The Morgan fingerprint density at radius 2 is 1.84 bits per heavy atom. The smallest absolute Gasteiger partial charge is 0.160 e. The number of methoxy groups -OCH3 is 1. The lowest BCUT2D eigenvalue weighted by atomic mass is 9.98. The third-order valence-corrected chi connectivity index (χ3v) is 6.07. The van der Waals surface area contributed by atoms with Crippen LogP contribution in [-0.2, 0) is 11.2 Å². The number of nitrogens with zero attached hydrogens (tertiary/aromatic N) is 3. The molecular weight excluding hydrogens is 406 g/mol. The molecule has 3 heterocycles. The summed E-state index contributed by atoms with van der Waals surface area (Å²) in [5, 5.41) is 2.07. The summed E-state index contributed by atoms with van der Waals surface area (Å²) in [7, 11) is 1.67. The SMILES string of the molecule is COCC=Cc1csc2c(C(N)C(N)Cc3ccccc3)nc(-c3ccncc3)nc12.